The first-order valence-electron chi connectivity index (χ1n) is 5.65. The number of imide groups is 1. The molecule has 1 fully saturated rings. The second kappa shape index (κ2) is 7.18. The second-order valence-electron chi connectivity index (χ2n) is 6.32. The van der Waals surface area contributed by atoms with Crippen molar-refractivity contribution >= 4 is 18.1 Å². The van der Waals surface area contributed by atoms with Crippen LogP contribution in [-0.2, 0) is 35.4 Å². The van der Waals surface area contributed by atoms with Crippen LogP contribution in [-0.4, -0.2) is 18.1 Å². The van der Waals surface area contributed by atoms with Gasteiger partial charge in [-0.2, -0.15) is 0 Å². The normalized spacial score (nSPS) is 19.3. The third kappa shape index (κ3) is 7.75. The van der Waals surface area contributed by atoms with Gasteiger partial charge in [-0.3, -0.25) is 6.29 Å². The van der Waals surface area contributed by atoms with Crippen LogP contribution in [0.4, 0.5) is 0 Å². The third-order valence-corrected chi connectivity index (χ3v) is 2.26. The molecule has 0 spiro atoms. The van der Waals surface area contributed by atoms with Gasteiger partial charge in [-0.15, -0.1) is 5.41 Å². The van der Waals surface area contributed by atoms with Gasteiger partial charge in [0.2, 0.25) is 0 Å². The van der Waals surface area contributed by atoms with Gasteiger partial charge < -0.3 is 19.7 Å². The fraction of sp³-hybridized carbons (Fsp3) is 0.769. The van der Waals surface area contributed by atoms with Gasteiger partial charge in [0.25, 0.3) is 0 Å². The van der Waals surface area contributed by atoms with Gasteiger partial charge in [0.05, 0.1) is 11.8 Å². The fourth-order valence-electron chi connectivity index (χ4n) is 1.19. The van der Waals surface area contributed by atoms with Crippen LogP contribution in [0.1, 0.15) is 48.0 Å². The first-order valence-corrected chi connectivity index (χ1v) is 5.65. The molecule has 0 aromatic carbocycles. The molecule has 4 nitrogen and oxygen atoms in total. The van der Waals surface area contributed by atoms with E-state index in [1.54, 1.807) is 0 Å². The molecule has 0 aliphatic carbocycles. The minimum absolute atomic E-state index is 0. The number of amides is 2. The van der Waals surface area contributed by atoms with Crippen LogP contribution >= 0.6 is 0 Å². The molecule has 1 atom stereocenters. The summed E-state index contributed by atoms with van der Waals surface area (Å²) in [5.41, 5.74) is -0.396. The predicted molar refractivity (Wildman–Crippen MR) is 66.1 cm³/mol. The molecule has 0 radical (unpaired) electrons. The summed E-state index contributed by atoms with van der Waals surface area (Å²) < 4.78 is 0. The molecule has 102 valence electrons. The zero-order valence-electron chi connectivity index (χ0n) is 11.9. The molecule has 0 aromatic heterocycles. The Balaban J connectivity index is 0. The van der Waals surface area contributed by atoms with Crippen molar-refractivity contribution in [1.82, 2.24) is 0 Å². The van der Waals surface area contributed by atoms with Crippen LogP contribution in [0.2, 0.25) is 0 Å². The second-order valence-corrected chi connectivity index (χ2v) is 6.32. The molecule has 5 heteroatoms. The maximum atomic E-state index is 11.0. The van der Waals surface area contributed by atoms with E-state index < -0.39 is 0 Å². The van der Waals surface area contributed by atoms with Gasteiger partial charge in [-0.05, 0) is 11.8 Å². The number of carbonyl (C=O) groups is 2. The Bertz CT molecular complexity index is 313. The van der Waals surface area contributed by atoms with Crippen LogP contribution in [0.25, 0.3) is 5.32 Å². The molecule has 2 amide bonds. The molecule has 1 heterocycles. The molecule has 0 aromatic rings. The first-order chi connectivity index (χ1) is 7.47. The molecule has 0 N–H and O–H groups in total. The first kappa shape index (κ1) is 19.8. The largest absolute Gasteiger partial charge is 2.00 e. The number of rotatable bonds is 0. The van der Waals surface area contributed by atoms with Crippen LogP contribution in [0, 0.1) is 16.7 Å². The molecule has 0 saturated carbocycles. The van der Waals surface area contributed by atoms with Gasteiger partial charge >= 0.3 is 21.1 Å². The standard InChI is InChI=1S/C8H13NO2.C5H9O.W/c1-8(2,3)5-4-6(10)9-7(5)11;1-5(2,3)4-6;/h5H,4H2,1-3H3,(H,9,10,11);1-3H3;/q;-1;+2/p-1. The van der Waals surface area contributed by atoms with Crippen molar-refractivity contribution in [2.75, 3.05) is 0 Å². The molecule has 1 rings (SSSR count). The van der Waals surface area contributed by atoms with E-state index in [0.29, 0.717) is 6.42 Å². The predicted octanol–water partition coefficient (Wildman–Crippen LogP) is 2.62. The minimum atomic E-state index is -0.269. The summed E-state index contributed by atoms with van der Waals surface area (Å²) in [6, 6.07) is 0. The number of nitrogens with zero attached hydrogens (tertiary/aromatic N) is 1. The SMILES string of the molecule is CC(C)(C)C1CC(=O)[N-]C1=O.CC(C)(C)[C-]=O.[W+2]. The molecule has 0 bridgehead atoms. The van der Waals surface area contributed by atoms with E-state index in [0.717, 1.165) is 0 Å². The Morgan fingerprint density at radius 1 is 1.11 bits per heavy atom. The third-order valence-electron chi connectivity index (χ3n) is 2.26. The average molecular weight is 423 g/mol. The van der Waals surface area contributed by atoms with E-state index in [4.69, 9.17) is 0 Å². The van der Waals surface area contributed by atoms with E-state index in [1.807, 2.05) is 47.8 Å². The van der Waals surface area contributed by atoms with Crippen LogP contribution in [0.5, 0.6) is 0 Å². The molecule has 1 aliphatic rings. The molecule has 18 heavy (non-hydrogen) atoms. The Morgan fingerprint density at radius 3 is 1.61 bits per heavy atom. The Morgan fingerprint density at radius 2 is 1.50 bits per heavy atom. The van der Waals surface area contributed by atoms with Crippen molar-refractivity contribution in [3.05, 3.63) is 5.32 Å². The number of hydrogen-bond donors (Lipinski definition) is 0. The molecular formula is C13H21NO3W. The van der Waals surface area contributed by atoms with Gasteiger partial charge in [-0.1, -0.05) is 41.5 Å². The number of hydrogen-bond acceptors (Lipinski definition) is 3. The van der Waals surface area contributed by atoms with Crippen LogP contribution in [0.3, 0.4) is 0 Å². The average Bonchev–Trinajstić information content (AvgIpc) is 2.44. The van der Waals surface area contributed by atoms with E-state index in [9.17, 15) is 14.4 Å². The van der Waals surface area contributed by atoms with Crippen molar-refractivity contribution in [3.63, 3.8) is 0 Å². The van der Waals surface area contributed by atoms with Gasteiger partial charge in [-0.25, -0.2) is 0 Å². The van der Waals surface area contributed by atoms with Gasteiger partial charge in [0.1, 0.15) is 0 Å². The van der Waals surface area contributed by atoms with Crippen molar-refractivity contribution in [2.45, 2.75) is 48.0 Å². The van der Waals surface area contributed by atoms with E-state index in [2.05, 4.69) is 5.32 Å². The van der Waals surface area contributed by atoms with Crippen molar-refractivity contribution in [2.24, 2.45) is 16.7 Å². The fourth-order valence-corrected chi connectivity index (χ4v) is 1.19. The summed E-state index contributed by atoms with van der Waals surface area (Å²) in [6.45, 7) is 11.3. The smallest absolute Gasteiger partial charge is 0.596 e. The zero-order chi connectivity index (χ0) is 13.9. The molecular weight excluding hydrogens is 402 g/mol. The number of carbonyl (C=O) groups excluding carboxylic acids is 3. The summed E-state index contributed by atoms with van der Waals surface area (Å²) >= 11 is 0. The molecule has 1 saturated heterocycles. The van der Waals surface area contributed by atoms with E-state index in [-0.39, 0.29) is 49.6 Å². The summed E-state index contributed by atoms with van der Waals surface area (Å²) in [4.78, 5) is 31.5. The quantitative estimate of drug-likeness (QED) is 0.445. The summed E-state index contributed by atoms with van der Waals surface area (Å²) in [7, 11) is 0. The maximum absolute atomic E-state index is 11.0. The van der Waals surface area contributed by atoms with Crippen molar-refractivity contribution in [3.8, 4) is 0 Å². The van der Waals surface area contributed by atoms with E-state index >= 15 is 0 Å². The monoisotopic (exact) mass is 423 g/mol. The Kier molecular flexibility index (Phi) is 7.91. The molecule has 1 unspecified atom stereocenters. The van der Waals surface area contributed by atoms with Crippen LogP contribution in [0.15, 0.2) is 0 Å². The van der Waals surface area contributed by atoms with Gasteiger partial charge in [0, 0.05) is 5.92 Å². The Hall–Kier alpha value is -0.502. The van der Waals surface area contributed by atoms with Crippen LogP contribution < -0.4 is 0 Å². The Labute approximate surface area is 124 Å². The minimum Gasteiger partial charge on any atom is -0.596 e. The van der Waals surface area contributed by atoms with Gasteiger partial charge in [0.15, 0.2) is 0 Å². The summed E-state index contributed by atoms with van der Waals surface area (Å²) in [6.07, 6.45) is 2.15. The zero-order valence-corrected chi connectivity index (χ0v) is 14.8. The topological polar surface area (TPSA) is 65.3 Å². The van der Waals surface area contributed by atoms with Crippen molar-refractivity contribution in [1.29, 1.82) is 0 Å². The van der Waals surface area contributed by atoms with Crippen molar-refractivity contribution < 1.29 is 35.4 Å². The van der Waals surface area contributed by atoms with E-state index in [1.165, 1.54) is 0 Å². The summed E-state index contributed by atoms with van der Waals surface area (Å²) in [5.74, 6) is -0.715. The molecule has 1 aliphatic heterocycles. The maximum Gasteiger partial charge on any atom is 2.00 e. The summed E-state index contributed by atoms with van der Waals surface area (Å²) in [5, 5.41) is 3.36.